The number of rotatable bonds is 5. The summed E-state index contributed by atoms with van der Waals surface area (Å²) in [7, 11) is 0. The third-order valence-electron chi connectivity index (χ3n) is 2.39. The molecule has 1 aromatic carbocycles. The molecule has 0 aliphatic rings. The van der Waals surface area contributed by atoms with Crippen molar-refractivity contribution in [2.45, 2.75) is 13.3 Å². The Morgan fingerprint density at radius 2 is 2.06 bits per heavy atom. The quantitative estimate of drug-likeness (QED) is 0.712. The molecule has 1 rings (SSSR count). The lowest BCUT2D eigenvalue weighted by atomic mass is 10.1. The van der Waals surface area contributed by atoms with E-state index in [4.69, 9.17) is 11.5 Å². The van der Waals surface area contributed by atoms with Crippen molar-refractivity contribution < 1.29 is 9.59 Å². The fraction of sp³-hybridized carbons (Fsp3) is 0.333. The smallest absolute Gasteiger partial charge is 0.237 e. The monoisotopic (exact) mass is 235 g/mol. The highest BCUT2D eigenvalue weighted by molar-refractivity contribution is 5.85. The van der Waals surface area contributed by atoms with Crippen LogP contribution in [0.1, 0.15) is 12.5 Å². The molecule has 0 unspecified atom stereocenters. The van der Waals surface area contributed by atoms with Gasteiger partial charge in [-0.1, -0.05) is 12.1 Å². The fourth-order valence-corrected chi connectivity index (χ4v) is 1.55. The second kappa shape index (κ2) is 5.89. The van der Waals surface area contributed by atoms with Gasteiger partial charge in [0.25, 0.3) is 0 Å². The molecule has 0 fully saturated rings. The van der Waals surface area contributed by atoms with Gasteiger partial charge in [0.2, 0.25) is 11.8 Å². The number of hydrogen-bond acceptors (Lipinski definition) is 3. The van der Waals surface area contributed by atoms with E-state index in [1.807, 2.05) is 6.07 Å². The second-order valence-electron chi connectivity index (χ2n) is 3.80. The van der Waals surface area contributed by atoms with Gasteiger partial charge >= 0.3 is 0 Å². The summed E-state index contributed by atoms with van der Waals surface area (Å²) in [4.78, 5) is 24.1. The highest BCUT2D eigenvalue weighted by atomic mass is 16.2. The zero-order valence-corrected chi connectivity index (χ0v) is 9.85. The van der Waals surface area contributed by atoms with Crippen LogP contribution in [0.5, 0.6) is 0 Å². The highest BCUT2D eigenvalue weighted by Crippen LogP contribution is 2.08. The first-order valence-corrected chi connectivity index (χ1v) is 5.43. The van der Waals surface area contributed by atoms with Crippen molar-refractivity contribution in [3.8, 4) is 0 Å². The van der Waals surface area contributed by atoms with Gasteiger partial charge in [0.1, 0.15) is 0 Å². The molecule has 0 saturated heterocycles. The minimum Gasteiger partial charge on any atom is -0.399 e. The lowest BCUT2D eigenvalue weighted by molar-refractivity contribution is -0.134. The molecule has 92 valence electrons. The van der Waals surface area contributed by atoms with Gasteiger partial charge < -0.3 is 16.4 Å². The molecule has 4 N–H and O–H groups in total. The maximum Gasteiger partial charge on any atom is 0.237 e. The molecular formula is C12H17N3O2. The zero-order valence-electron chi connectivity index (χ0n) is 9.85. The van der Waals surface area contributed by atoms with Gasteiger partial charge in [-0.25, -0.2) is 0 Å². The largest absolute Gasteiger partial charge is 0.399 e. The number of hydrogen-bond donors (Lipinski definition) is 2. The standard InChI is InChI=1S/C12H17N3O2/c1-2-15(8-11(14)16)12(17)7-9-4-3-5-10(13)6-9/h3-6H,2,7-8,13H2,1H3,(H2,14,16). The molecule has 0 radical (unpaired) electrons. The van der Waals surface area contributed by atoms with Crippen LogP contribution in [0.3, 0.4) is 0 Å². The number of carbonyl (C=O) groups excluding carboxylic acids is 2. The molecular weight excluding hydrogens is 218 g/mol. The lowest BCUT2D eigenvalue weighted by Gasteiger charge is -2.19. The van der Waals surface area contributed by atoms with Crippen LogP contribution in [-0.2, 0) is 16.0 Å². The van der Waals surface area contributed by atoms with Crippen LogP contribution in [0.25, 0.3) is 0 Å². The minimum atomic E-state index is -0.507. The number of nitrogens with two attached hydrogens (primary N) is 2. The van der Waals surface area contributed by atoms with E-state index in [2.05, 4.69) is 0 Å². The molecule has 5 heteroatoms. The Kier molecular flexibility index (Phi) is 4.51. The summed E-state index contributed by atoms with van der Waals surface area (Å²) in [5.74, 6) is -0.635. The predicted molar refractivity (Wildman–Crippen MR) is 66.0 cm³/mol. The van der Waals surface area contributed by atoms with Gasteiger partial charge in [0.15, 0.2) is 0 Å². The van der Waals surface area contributed by atoms with E-state index in [9.17, 15) is 9.59 Å². The van der Waals surface area contributed by atoms with Gasteiger partial charge in [-0.05, 0) is 24.6 Å². The first kappa shape index (κ1) is 13.0. The zero-order chi connectivity index (χ0) is 12.8. The molecule has 0 aromatic heterocycles. The van der Waals surface area contributed by atoms with E-state index < -0.39 is 5.91 Å². The van der Waals surface area contributed by atoms with Crippen LogP contribution in [0.4, 0.5) is 5.69 Å². The van der Waals surface area contributed by atoms with Crippen LogP contribution >= 0.6 is 0 Å². The van der Waals surface area contributed by atoms with Crippen molar-refractivity contribution in [1.82, 2.24) is 4.90 Å². The van der Waals surface area contributed by atoms with Crippen molar-refractivity contribution in [1.29, 1.82) is 0 Å². The SMILES string of the molecule is CCN(CC(N)=O)C(=O)Cc1cccc(N)c1. The van der Waals surface area contributed by atoms with Gasteiger partial charge in [-0.2, -0.15) is 0 Å². The first-order chi connectivity index (χ1) is 8.02. The summed E-state index contributed by atoms with van der Waals surface area (Å²) in [6, 6.07) is 7.12. The van der Waals surface area contributed by atoms with Gasteiger partial charge in [0.05, 0.1) is 13.0 Å². The normalized spacial score (nSPS) is 9.94. The molecule has 0 spiro atoms. The summed E-state index contributed by atoms with van der Waals surface area (Å²) in [6.07, 6.45) is 0.228. The van der Waals surface area contributed by atoms with Crippen LogP contribution in [0, 0.1) is 0 Å². The van der Waals surface area contributed by atoms with E-state index >= 15 is 0 Å². The maximum absolute atomic E-state index is 11.9. The molecule has 2 amide bonds. The van der Waals surface area contributed by atoms with E-state index in [0.717, 1.165) is 5.56 Å². The predicted octanol–water partition coefficient (Wildman–Crippen LogP) is 0.145. The molecule has 5 nitrogen and oxygen atoms in total. The molecule has 0 saturated carbocycles. The van der Waals surface area contributed by atoms with Gasteiger partial charge in [-0.3, -0.25) is 9.59 Å². The number of likely N-dealkylation sites (N-methyl/N-ethyl adjacent to an activating group) is 1. The van der Waals surface area contributed by atoms with Crippen molar-refractivity contribution in [3.05, 3.63) is 29.8 Å². The van der Waals surface area contributed by atoms with Crippen LogP contribution in [-0.4, -0.2) is 29.8 Å². The number of nitrogens with zero attached hydrogens (tertiary/aromatic N) is 1. The van der Waals surface area contributed by atoms with Gasteiger partial charge in [0, 0.05) is 12.2 Å². The van der Waals surface area contributed by atoms with Crippen molar-refractivity contribution >= 4 is 17.5 Å². The molecule has 1 aromatic rings. The Balaban J connectivity index is 2.67. The summed E-state index contributed by atoms with van der Waals surface area (Å²) >= 11 is 0. The average Bonchev–Trinajstić information content (AvgIpc) is 2.25. The highest BCUT2D eigenvalue weighted by Gasteiger charge is 2.14. The Morgan fingerprint density at radius 1 is 1.35 bits per heavy atom. The van der Waals surface area contributed by atoms with Crippen molar-refractivity contribution in [3.63, 3.8) is 0 Å². The van der Waals surface area contributed by atoms with Crippen LogP contribution in [0.2, 0.25) is 0 Å². The van der Waals surface area contributed by atoms with Crippen LogP contribution in [0.15, 0.2) is 24.3 Å². The lowest BCUT2D eigenvalue weighted by Crippen LogP contribution is -2.39. The molecule has 0 atom stereocenters. The fourth-order valence-electron chi connectivity index (χ4n) is 1.55. The summed E-state index contributed by atoms with van der Waals surface area (Å²) in [6.45, 7) is 2.22. The number of nitrogen functional groups attached to an aromatic ring is 1. The molecule has 0 aliphatic heterocycles. The number of carbonyl (C=O) groups is 2. The molecule has 0 aliphatic carbocycles. The first-order valence-electron chi connectivity index (χ1n) is 5.43. The third kappa shape index (κ3) is 4.14. The number of benzene rings is 1. The van der Waals surface area contributed by atoms with E-state index in [0.29, 0.717) is 12.2 Å². The van der Waals surface area contributed by atoms with Crippen molar-refractivity contribution in [2.75, 3.05) is 18.8 Å². The molecule has 17 heavy (non-hydrogen) atoms. The third-order valence-corrected chi connectivity index (χ3v) is 2.39. The van der Waals surface area contributed by atoms with Crippen molar-refractivity contribution in [2.24, 2.45) is 5.73 Å². The van der Waals surface area contributed by atoms with Crippen LogP contribution < -0.4 is 11.5 Å². The Bertz CT molecular complexity index is 418. The maximum atomic E-state index is 11.9. The Labute approximate surface area is 100 Å². The summed E-state index contributed by atoms with van der Waals surface area (Å²) in [5.41, 5.74) is 12.1. The average molecular weight is 235 g/mol. The minimum absolute atomic E-state index is 0.0440. The Morgan fingerprint density at radius 3 is 2.59 bits per heavy atom. The summed E-state index contributed by atoms with van der Waals surface area (Å²) < 4.78 is 0. The van der Waals surface area contributed by atoms with E-state index in [1.165, 1.54) is 4.90 Å². The second-order valence-corrected chi connectivity index (χ2v) is 3.80. The number of primary amides is 1. The van der Waals surface area contributed by atoms with Gasteiger partial charge in [-0.15, -0.1) is 0 Å². The summed E-state index contributed by atoms with van der Waals surface area (Å²) in [5, 5.41) is 0. The Hall–Kier alpha value is -2.04. The number of amides is 2. The topological polar surface area (TPSA) is 89.4 Å². The number of anilines is 1. The van der Waals surface area contributed by atoms with E-state index in [-0.39, 0.29) is 18.9 Å². The molecule has 0 bridgehead atoms. The molecule has 0 heterocycles. The van der Waals surface area contributed by atoms with E-state index in [1.54, 1.807) is 25.1 Å².